The van der Waals surface area contributed by atoms with Gasteiger partial charge in [0.05, 0.1) is 9.75 Å². The van der Waals surface area contributed by atoms with Gasteiger partial charge in [0.2, 0.25) is 0 Å². The van der Waals surface area contributed by atoms with E-state index in [1.165, 1.54) is 18.9 Å². The van der Waals surface area contributed by atoms with Gasteiger partial charge >= 0.3 is 0 Å². The Balaban J connectivity index is 2.19. The SMILES string of the molecule is O=Cc1ccsc1-c1sccc1-c1sccc1I. The summed E-state index contributed by atoms with van der Waals surface area (Å²) in [6.45, 7) is 0. The van der Waals surface area contributed by atoms with E-state index in [1.807, 2.05) is 11.4 Å². The summed E-state index contributed by atoms with van der Waals surface area (Å²) in [7, 11) is 0. The van der Waals surface area contributed by atoms with Crippen LogP contribution >= 0.6 is 56.6 Å². The van der Waals surface area contributed by atoms with Crippen molar-refractivity contribution < 1.29 is 4.79 Å². The molecule has 0 saturated carbocycles. The zero-order chi connectivity index (χ0) is 12.5. The fraction of sp³-hybridized carbons (Fsp3) is 0. The van der Waals surface area contributed by atoms with E-state index < -0.39 is 0 Å². The number of hydrogen-bond acceptors (Lipinski definition) is 4. The number of carbonyl (C=O) groups is 1. The van der Waals surface area contributed by atoms with Crippen LogP contribution < -0.4 is 0 Å². The maximum absolute atomic E-state index is 11.1. The van der Waals surface area contributed by atoms with Gasteiger partial charge in [-0.3, -0.25) is 4.79 Å². The first-order chi connectivity index (χ1) is 8.81. The third kappa shape index (κ3) is 2.09. The van der Waals surface area contributed by atoms with Gasteiger partial charge in [0.1, 0.15) is 0 Å². The maximum atomic E-state index is 11.1. The minimum Gasteiger partial charge on any atom is -0.298 e. The molecule has 0 amide bonds. The number of aldehydes is 1. The number of halogens is 1. The molecule has 0 radical (unpaired) electrons. The molecule has 0 spiro atoms. The highest BCUT2D eigenvalue weighted by molar-refractivity contribution is 14.1. The maximum Gasteiger partial charge on any atom is 0.151 e. The van der Waals surface area contributed by atoms with E-state index in [9.17, 15) is 4.79 Å². The molecule has 0 bridgehead atoms. The summed E-state index contributed by atoms with van der Waals surface area (Å²) < 4.78 is 1.27. The van der Waals surface area contributed by atoms with Gasteiger partial charge in [-0.05, 0) is 56.9 Å². The Morgan fingerprint density at radius 1 is 0.889 bits per heavy atom. The van der Waals surface area contributed by atoms with Gasteiger partial charge < -0.3 is 0 Å². The molecule has 0 unspecified atom stereocenters. The molecular weight excluding hydrogens is 395 g/mol. The average molecular weight is 402 g/mol. The summed E-state index contributed by atoms with van der Waals surface area (Å²) in [6.07, 6.45) is 0.939. The van der Waals surface area contributed by atoms with Crippen molar-refractivity contribution in [1.29, 1.82) is 0 Å². The molecular formula is C13H7IOS3. The third-order valence-electron chi connectivity index (χ3n) is 2.56. The molecule has 0 atom stereocenters. The van der Waals surface area contributed by atoms with Crippen LogP contribution in [0, 0.1) is 3.57 Å². The number of carbonyl (C=O) groups excluding carboxylic acids is 1. The Bertz CT molecular complexity index is 692. The average Bonchev–Trinajstić information content (AvgIpc) is 3.06. The minimum absolute atomic E-state index is 0.787. The predicted octanol–water partition coefficient (Wildman–Crippen LogP) is 5.62. The molecule has 0 aliphatic heterocycles. The fourth-order valence-electron chi connectivity index (χ4n) is 1.75. The van der Waals surface area contributed by atoms with Gasteiger partial charge in [0.25, 0.3) is 0 Å². The van der Waals surface area contributed by atoms with Crippen molar-refractivity contribution in [3.63, 3.8) is 0 Å². The van der Waals surface area contributed by atoms with Crippen molar-refractivity contribution in [3.05, 3.63) is 43.5 Å². The van der Waals surface area contributed by atoms with E-state index in [4.69, 9.17) is 0 Å². The molecule has 0 aliphatic carbocycles. The van der Waals surface area contributed by atoms with Crippen molar-refractivity contribution in [1.82, 2.24) is 0 Å². The van der Waals surface area contributed by atoms with Crippen LogP contribution in [0.5, 0.6) is 0 Å². The van der Waals surface area contributed by atoms with Gasteiger partial charge in [-0.25, -0.2) is 0 Å². The zero-order valence-electron chi connectivity index (χ0n) is 9.05. The van der Waals surface area contributed by atoms with E-state index in [-0.39, 0.29) is 0 Å². The Kier molecular flexibility index (Phi) is 3.65. The van der Waals surface area contributed by atoms with Crippen molar-refractivity contribution >= 4 is 62.9 Å². The monoisotopic (exact) mass is 402 g/mol. The Labute approximate surface area is 130 Å². The molecule has 5 heteroatoms. The molecule has 0 saturated heterocycles. The predicted molar refractivity (Wildman–Crippen MR) is 89.0 cm³/mol. The largest absolute Gasteiger partial charge is 0.298 e. The summed E-state index contributed by atoms with van der Waals surface area (Å²) in [5, 5.41) is 6.17. The first kappa shape index (κ1) is 12.5. The lowest BCUT2D eigenvalue weighted by atomic mass is 10.1. The quantitative estimate of drug-likeness (QED) is 0.410. The summed E-state index contributed by atoms with van der Waals surface area (Å²) in [4.78, 5) is 14.6. The van der Waals surface area contributed by atoms with E-state index in [0.717, 1.165) is 16.7 Å². The van der Waals surface area contributed by atoms with Crippen molar-refractivity contribution in [3.8, 4) is 20.2 Å². The zero-order valence-corrected chi connectivity index (χ0v) is 13.7. The van der Waals surface area contributed by atoms with Gasteiger partial charge in [-0.1, -0.05) is 0 Å². The van der Waals surface area contributed by atoms with E-state index in [1.54, 1.807) is 34.0 Å². The van der Waals surface area contributed by atoms with Crippen LogP contribution in [0.1, 0.15) is 10.4 Å². The van der Waals surface area contributed by atoms with Crippen LogP contribution in [0.2, 0.25) is 0 Å². The molecule has 3 rings (SSSR count). The molecule has 0 aliphatic rings. The summed E-state index contributed by atoms with van der Waals surface area (Å²) in [5.41, 5.74) is 2.03. The standard InChI is InChI=1S/C13H7IOS3/c14-10-3-6-17-12(10)9-2-5-18-13(9)11-8(7-15)1-4-16-11/h1-7H. The highest BCUT2D eigenvalue weighted by atomic mass is 127. The van der Waals surface area contributed by atoms with E-state index in [0.29, 0.717) is 0 Å². The van der Waals surface area contributed by atoms with E-state index in [2.05, 4.69) is 45.5 Å². The molecule has 0 N–H and O–H groups in total. The van der Waals surface area contributed by atoms with Gasteiger partial charge in [0.15, 0.2) is 6.29 Å². The van der Waals surface area contributed by atoms with E-state index >= 15 is 0 Å². The van der Waals surface area contributed by atoms with Crippen LogP contribution in [0.15, 0.2) is 34.3 Å². The highest BCUT2D eigenvalue weighted by Gasteiger charge is 2.16. The van der Waals surface area contributed by atoms with Gasteiger partial charge in [-0.15, -0.1) is 34.0 Å². The second-order valence-corrected chi connectivity index (χ2v) is 7.49. The highest BCUT2D eigenvalue weighted by Crippen LogP contribution is 2.43. The number of thiophene rings is 3. The normalized spacial score (nSPS) is 10.7. The van der Waals surface area contributed by atoms with Crippen LogP contribution in [0.3, 0.4) is 0 Å². The van der Waals surface area contributed by atoms with Crippen molar-refractivity contribution in [2.75, 3.05) is 0 Å². The van der Waals surface area contributed by atoms with Crippen molar-refractivity contribution in [2.24, 2.45) is 0 Å². The van der Waals surface area contributed by atoms with Gasteiger partial charge in [-0.2, -0.15) is 0 Å². The van der Waals surface area contributed by atoms with Crippen molar-refractivity contribution in [2.45, 2.75) is 0 Å². The van der Waals surface area contributed by atoms with Crippen LogP contribution in [0.4, 0.5) is 0 Å². The first-order valence-corrected chi connectivity index (χ1v) is 8.87. The minimum atomic E-state index is 0.787. The molecule has 0 aromatic carbocycles. The second kappa shape index (κ2) is 5.24. The lowest BCUT2D eigenvalue weighted by Gasteiger charge is -2.01. The summed E-state index contributed by atoms with van der Waals surface area (Å²) in [5.74, 6) is 0. The van der Waals surface area contributed by atoms with Gasteiger partial charge in [0, 0.05) is 19.6 Å². The second-order valence-electron chi connectivity index (χ2n) is 3.58. The Hall–Kier alpha value is -0.500. The fourth-order valence-corrected chi connectivity index (χ4v) is 5.70. The number of hydrogen-bond donors (Lipinski definition) is 0. The van der Waals surface area contributed by atoms with Crippen LogP contribution in [-0.2, 0) is 0 Å². The topological polar surface area (TPSA) is 17.1 Å². The molecule has 3 heterocycles. The summed E-state index contributed by atoms with van der Waals surface area (Å²) >= 11 is 7.43. The Morgan fingerprint density at radius 2 is 1.56 bits per heavy atom. The lowest BCUT2D eigenvalue weighted by molar-refractivity contribution is 0.112. The lowest BCUT2D eigenvalue weighted by Crippen LogP contribution is -1.80. The molecule has 3 aromatic rings. The Morgan fingerprint density at radius 3 is 2.28 bits per heavy atom. The summed E-state index contributed by atoms with van der Waals surface area (Å²) in [6, 6.07) is 6.15. The molecule has 18 heavy (non-hydrogen) atoms. The third-order valence-corrected chi connectivity index (χ3v) is 6.78. The number of rotatable bonds is 3. The molecule has 90 valence electrons. The molecule has 1 nitrogen and oxygen atoms in total. The molecule has 3 aromatic heterocycles. The first-order valence-electron chi connectivity index (χ1n) is 5.15. The van der Waals surface area contributed by atoms with Crippen LogP contribution in [0.25, 0.3) is 20.2 Å². The smallest absolute Gasteiger partial charge is 0.151 e. The van der Waals surface area contributed by atoms with Crippen LogP contribution in [-0.4, -0.2) is 6.29 Å². The molecule has 0 fully saturated rings.